The molecule has 2 aromatic rings. The van der Waals surface area contributed by atoms with Gasteiger partial charge in [-0.1, -0.05) is 37.1 Å². The first-order valence-electron chi connectivity index (χ1n) is 11.4. The van der Waals surface area contributed by atoms with E-state index in [4.69, 9.17) is 0 Å². The molecule has 0 aromatic heterocycles. The van der Waals surface area contributed by atoms with Crippen molar-refractivity contribution in [2.75, 3.05) is 6.54 Å². The molecule has 0 spiro atoms. The number of aliphatic hydroxyl groups excluding tert-OH is 1. The normalized spacial score (nSPS) is 18.7. The van der Waals surface area contributed by atoms with E-state index >= 15 is 0 Å². The average molecular weight is 476 g/mol. The Balaban J connectivity index is 0.000000179. The van der Waals surface area contributed by atoms with Crippen molar-refractivity contribution in [3.63, 3.8) is 0 Å². The molecule has 2 aliphatic heterocycles. The number of imide groups is 2. The topological polar surface area (TPSA) is 129 Å². The molecule has 0 saturated heterocycles. The van der Waals surface area contributed by atoms with Gasteiger partial charge in [0.1, 0.15) is 18.6 Å². The number of aldehydes is 2. The number of amides is 4. The molecule has 2 atom stereocenters. The number of hydrogen-bond acceptors (Lipinski definition) is 7. The smallest absolute Gasteiger partial charge is 0.262 e. The molecule has 9 heteroatoms. The Labute approximate surface area is 201 Å². The van der Waals surface area contributed by atoms with E-state index in [0.717, 1.165) is 35.5 Å². The van der Waals surface area contributed by atoms with E-state index in [9.17, 15) is 33.9 Å². The van der Waals surface area contributed by atoms with E-state index in [1.165, 1.54) is 0 Å². The molecule has 1 fully saturated rings. The van der Waals surface area contributed by atoms with Gasteiger partial charge in [0.15, 0.2) is 0 Å². The van der Waals surface area contributed by atoms with Gasteiger partial charge in [0.05, 0.1) is 34.9 Å². The summed E-state index contributed by atoms with van der Waals surface area (Å²) >= 11 is 0. The van der Waals surface area contributed by atoms with Crippen LogP contribution in [0.15, 0.2) is 48.5 Å². The fraction of sp³-hybridized carbons (Fsp3) is 0.308. The van der Waals surface area contributed by atoms with E-state index < -0.39 is 35.8 Å². The van der Waals surface area contributed by atoms with Crippen LogP contribution in [0, 0.1) is 5.92 Å². The minimum Gasteiger partial charge on any atom is -0.390 e. The zero-order valence-electron chi connectivity index (χ0n) is 18.8. The van der Waals surface area contributed by atoms with E-state index in [0.29, 0.717) is 34.8 Å². The SMILES string of the molecule is O=CCN1C(=O)c2ccccc2C1=O.O=C[C@H]([C@@H](O)C1CCCC1)N1C(=O)c2ccccc2C1=O. The zero-order chi connectivity index (χ0) is 25.1. The maximum atomic E-state index is 12.4. The van der Waals surface area contributed by atoms with E-state index in [-0.39, 0.29) is 12.5 Å². The van der Waals surface area contributed by atoms with Crippen molar-refractivity contribution in [2.24, 2.45) is 5.92 Å². The number of benzene rings is 2. The molecular weight excluding hydrogens is 452 g/mol. The van der Waals surface area contributed by atoms with Gasteiger partial charge in [-0.3, -0.25) is 29.0 Å². The van der Waals surface area contributed by atoms with Gasteiger partial charge in [-0.25, -0.2) is 0 Å². The van der Waals surface area contributed by atoms with Gasteiger partial charge in [0.25, 0.3) is 23.6 Å². The van der Waals surface area contributed by atoms with Crippen molar-refractivity contribution in [1.82, 2.24) is 9.80 Å². The number of rotatable bonds is 6. The van der Waals surface area contributed by atoms with Crippen molar-refractivity contribution in [1.29, 1.82) is 0 Å². The predicted molar refractivity (Wildman–Crippen MR) is 123 cm³/mol. The van der Waals surface area contributed by atoms with Crippen LogP contribution in [-0.4, -0.2) is 69.8 Å². The third-order valence-corrected chi connectivity index (χ3v) is 6.63. The quantitative estimate of drug-likeness (QED) is 0.498. The van der Waals surface area contributed by atoms with Gasteiger partial charge >= 0.3 is 0 Å². The van der Waals surface area contributed by atoms with Gasteiger partial charge < -0.3 is 14.7 Å². The van der Waals surface area contributed by atoms with Crippen LogP contribution in [0.5, 0.6) is 0 Å². The molecule has 35 heavy (non-hydrogen) atoms. The van der Waals surface area contributed by atoms with Crippen LogP contribution in [0.2, 0.25) is 0 Å². The van der Waals surface area contributed by atoms with Gasteiger partial charge in [0.2, 0.25) is 0 Å². The third kappa shape index (κ3) is 4.30. The predicted octanol–water partition coefficient (Wildman–Crippen LogP) is 1.88. The van der Waals surface area contributed by atoms with Gasteiger partial charge in [-0.15, -0.1) is 0 Å². The Morgan fingerprint density at radius 2 is 1.20 bits per heavy atom. The molecule has 1 aliphatic carbocycles. The lowest BCUT2D eigenvalue weighted by atomic mass is 9.94. The largest absolute Gasteiger partial charge is 0.390 e. The lowest BCUT2D eigenvalue weighted by Crippen LogP contribution is -2.50. The van der Waals surface area contributed by atoms with E-state index in [1.807, 2.05) is 0 Å². The maximum Gasteiger partial charge on any atom is 0.262 e. The molecule has 3 aliphatic rings. The second-order valence-electron chi connectivity index (χ2n) is 8.62. The Bertz CT molecular complexity index is 1130. The molecule has 0 unspecified atom stereocenters. The van der Waals surface area contributed by atoms with Crippen LogP contribution in [0.4, 0.5) is 0 Å². The Morgan fingerprint density at radius 1 is 0.771 bits per heavy atom. The lowest BCUT2D eigenvalue weighted by Gasteiger charge is -2.29. The van der Waals surface area contributed by atoms with Gasteiger partial charge in [0, 0.05) is 0 Å². The molecule has 5 rings (SSSR count). The Morgan fingerprint density at radius 3 is 1.60 bits per heavy atom. The van der Waals surface area contributed by atoms with Crippen molar-refractivity contribution < 1.29 is 33.9 Å². The second-order valence-corrected chi connectivity index (χ2v) is 8.62. The number of carbonyl (C=O) groups is 6. The van der Waals surface area contributed by atoms with Crippen LogP contribution in [0.25, 0.3) is 0 Å². The van der Waals surface area contributed by atoms with Crippen molar-refractivity contribution >= 4 is 36.2 Å². The van der Waals surface area contributed by atoms with Crippen LogP contribution < -0.4 is 0 Å². The fourth-order valence-corrected chi connectivity index (χ4v) is 4.83. The van der Waals surface area contributed by atoms with Crippen molar-refractivity contribution in [3.8, 4) is 0 Å². The van der Waals surface area contributed by atoms with Gasteiger partial charge in [-0.05, 0) is 43.0 Å². The van der Waals surface area contributed by atoms with Gasteiger partial charge in [-0.2, -0.15) is 0 Å². The summed E-state index contributed by atoms with van der Waals surface area (Å²) in [5.74, 6) is -1.80. The molecule has 4 amide bonds. The zero-order valence-corrected chi connectivity index (χ0v) is 18.8. The highest BCUT2D eigenvalue weighted by Crippen LogP contribution is 2.32. The first-order chi connectivity index (χ1) is 16.9. The summed E-state index contributed by atoms with van der Waals surface area (Å²) < 4.78 is 0. The summed E-state index contributed by atoms with van der Waals surface area (Å²) in [5, 5.41) is 10.4. The number of aliphatic hydroxyl groups is 1. The number of carbonyl (C=O) groups excluding carboxylic acids is 6. The van der Waals surface area contributed by atoms with Crippen molar-refractivity contribution in [3.05, 3.63) is 70.8 Å². The molecule has 0 bridgehead atoms. The molecule has 1 N–H and O–H groups in total. The van der Waals surface area contributed by atoms with E-state index in [2.05, 4.69) is 0 Å². The monoisotopic (exact) mass is 476 g/mol. The van der Waals surface area contributed by atoms with Crippen molar-refractivity contribution in [2.45, 2.75) is 37.8 Å². The lowest BCUT2D eigenvalue weighted by molar-refractivity contribution is -0.115. The summed E-state index contributed by atoms with van der Waals surface area (Å²) in [6.45, 7) is -0.174. The summed E-state index contributed by atoms with van der Waals surface area (Å²) in [4.78, 5) is 71.4. The van der Waals surface area contributed by atoms with E-state index in [1.54, 1.807) is 48.5 Å². The molecule has 0 radical (unpaired) electrons. The molecule has 180 valence electrons. The fourth-order valence-electron chi connectivity index (χ4n) is 4.83. The standard InChI is InChI=1S/C16H17NO4.C10H7NO3/c18-9-13(14(19)10-5-1-2-6-10)17-15(20)11-7-3-4-8-12(11)16(17)21;12-6-5-11-9(13)7-3-1-2-4-8(7)10(11)14/h3-4,7-10,13-14,19H,1-2,5-6H2;1-4,6H,5H2/t13-,14+;/m1./s1. The maximum absolute atomic E-state index is 12.4. The van der Waals surface area contributed by atoms with Crippen LogP contribution in [0.3, 0.4) is 0 Å². The molecule has 2 aromatic carbocycles. The second kappa shape index (κ2) is 10.1. The molecular formula is C26H24N2O7. The Hall–Kier alpha value is -3.98. The van der Waals surface area contributed by atoms with Crippen LogP contribution in [0.1, 0.15) is 67.1 Å². The molecule has 9 nitrogen and oxygen atoms in total. The Kier molecular flexibility index (Phi) is 6.97. The summed E-state index contributed by atoms with van der Waals surface area (Å²) in [7, 11) is 0. The number of hydrogen-bond donors (Lipinski definition) is 1. The first-order valence-corrected chi connectivity index (χ1v) is 11.4. The van der Waals surface area contributed by atoms with Crippen LogP contribution >= 0.6 is 0 Å². The third-order valence-electron chi connectivity index (χ3n) is 6.63. The molecule has 2 heterocycles. The average Bonchev–Trinajstić information content (AvgIpc) is 3.57. The first kappa shape index (κ1) is 24.2. The highest BCUT2D eigenvalue weighted by molar-refractivity contribution is 6.23. The highest BCUT2D eigenvalue weighted by atomic mass is 16.3. The summed E-state index contributed by atoms with van der Waals surface area (Å²) in [6.07, 6.45) is 3.76. The minimum atomic E-state index is -1.10. The number of fused-ring (bicyclic) bond motifs is 2. The minimum absolute atomic E-state index is 0.0236. The summed E-state index contributed by atoms with van der Waals surface area (Å²) in [6, 6.07) is 11.9. The summed E-state index contributed by atoms with van der Waals surface area (Å²) in [5.41, 5.74) is 1.35. The number of nitrogens with zero attached hydrogens (tertiary/aromatic N) is 2. The molecule has 1 saturated carbocycles. The highest BCUT2D eigenvalue weighted by Gasteiger charge is 2.44. The van der Waals surface area contributed by atoms with Crippen LogP contribution in [-0.2, 0) is 9.59 Å².